The summed E-state index contributed by atoms with van der Waals surface area (Å²) in [5.74, 6) is 0.764. The topological polar surface area (TPSA) is 72.4 Å². The summed E-state index contributed by atoms with van der Waals surface area (Å²) in [5, 5.41) is 3.88. The lowest BCUT2D eigenvalue weighted by atomic mass is 9.97. The van der Waals surface area contributed by atoms with Crippen LogP contribution in [0.2, 0.25) is 0 Å². The van der Waals surface area contributed by atoms with E-state index in [2.05, 4.69) is 5.16 Å². The minimum absolute atomic E-state index is 0.00986. The highest BCUT2D eigenvalue weighted by Crippen LogP contribution is 2.29. The van der Waals surface area contributed by atoms with E-state index in [0.29, 0.717) is 6.54 Å². The smallest absolute Gasteiger partial charge is 0.242 e. The lowest BCUT2D eigenvalue weighted by Crippen LogP contribution is -2.52. The van der Waals surface area contributed by atoms with Gasteiger partial charge < -0.3 is 15.2 Å². The average Bonchev–Trinajstić information content (AvgIpc) is 2.88. The van der Waals surface area contributed by atoms with Gasteiger partial charge in [-0.1, -0.05) is 18.0 Å². The van der Waals surface area contributed by atoms with Gasteiger partial charge in [0.25, 0.3) is 0 Å². The summed E-state index contributed by atoms with van der Waals surface area (Å²) >= 11 is 0. The number of hydrogen-bond donors (Lipinski definition) is 1. The van der Waals surface area contributed by atoms with Crippen LogP contribution in [0.15, 0.2) is 10.6 Å². The molecule has 1 fully saturated rings. The molecule has 0 bridgehead atoms. The molecule has 0 spiro atoms. The Balaban J connectivity index is 2.00. The number of aryl methyl sites for hydroxylation is 1. The summed E-state index contributed by atoms with van der Waals surface area (Å²) in [7, 11) is 1.76. The largest absolute Gasteiger partial charge is 0.361 e. The fraction of sp³-hybridized carbons (Fsp3) is 0.667. The predicted octanol–water partition coefficient (Wildman–Crippen LogP) is 1.21. The lowest BCUT2D eigenvalue weighted by molar-refractivity contribution is -0.136. The Kier molecular flexibility index (Phi) is 3.19. The van der Waals surface area contributed by atoms with E-state index in [4.69, 9.17) is 10.3 Å². The Bertz CT molecular complexity index is 408. The molecule has 0 aliphatic heterocycles. The van der Waals surface area contributed by atoms with Crippen LogP contribution in [0.3, 0.4) is 0 Å². The zero-order valence-corrected chi connectivity index (χ0v) is 10.4. The van der Waals surface area contributed by atoms with Crippen LogP contribution in [0.5, 0.6) is 0 Å². The van der Waals surface area contributed by atoms with E-state index in [9.17, 15) is 4.79 Å². The van der Waals surface area contributed by atoms with Crippen molar-refractivity contribution in [2.24, 2.45) is 5.73 Å². The van der Waals surface area contributed by atoms with Gasteiger partial charge in [-0.15, -0.1) is 0 Å². The number of nitrogens with zero attached hydrogens (tertiary/aromatic N) is 2. The number of nitrogens with two attached hydrogens (primary N) is 1. The molecule has 0 atom stereocenters. The monoisotopic (exact) mass is 237 g/mol. The van der Waals surface area contributed by atoms with Crippen molar-refractivity contribution in [3.8, 4) is 0 Å². The molecule has 1 aromatic heterocycles. The second kappa shape index (κ2) is 4.49. The third-order valence-corrected chi connectivity index (χ3v) is 3.34. The van der Waals surface area contributed by atoms with Crippen molar-refractivity contribution in [2.45, 2.75) is 44.7 Å². The van der Waals surface area contributed by atoms with Crippen molar-refractivity contribution in [3.05, 3.63) is 17.5 Å². The molecule has 0 saturated heterocycles. The number of carbonyl (C=O) groups excluding carboxylic acids is 1. The van der Waals surface area contributed by atoms with Crippen molar-refractivity contribution in [3.63, 3.8) is 0 Å². The van der Waals surface area contributed by atoms with Crippen LogP contribution in [0, 0.1) is 6.92 Å². The molecule has 1 aliphatic carbocycles. The molecule has 1 saturated carbocycles. The summed E-state index contributed by atoms with van der Waals surface area (Å²) in [6, 6.07) is 1.83. The van der Waals surface area contributed by atoms with Crippen LogP contribution >= 0.6 is 0 Å². The van der Waals surface area contributed by atoms with Gasteiger partial charge >= 0.3 is 0 Å². The van der Waals surface area contributed by atoms with Crippen LogP contribution in [0.25, 0.3) is 0 Å². The number of rotatable bonds is 3. The quantitative estimate of drug-likeness (QED) is 0.857. The fourth-order valence-corrected chi connectivity index (χ4v) is 2.41. The highest BCUT2D eigenvalue weighted by atomic mass is 16.5. The van der Waals surface area contributed by atoms with Crippen LogP contribution in [-0.2, 0) is 11.3 Å². The summed E-state index contributed by atoms with van der Waals surface area (Å²) in [6.45, 7) is 2.29. The SMILES string of the molecule is Cc1cc(CN(C)C(=O)C2(N)CCCC2)no1. The van der Waals surface area contributed by atoms with Gasteiger partial charge in [-0.25, -0.2) is 0 Å². The van der Waals surface area contributed by atoms with E-state index in [1.165, 1.54) is 0 Å². The van der Waals surface area contributed by atoms with Crippen molar-refractivity contribution < 1.29 is 9.32 Å². The van der Waals surface area contributed by atoms with Gasteiger partial charge in [0.15, 0.2) is 0 Å². The molecule has 1 heterocycles. The molecule has 5 nitrogen and oxygen atoms in total. The first-order chi connectivity index (χ1) is 8.01. The van der Waals surface area contributed by atoms with Crippen LogP contribution in [0.1, 0.15) is 37.1 Å². The van der Waals surface area contributed by atoms with E-state index >= 15 is 0 Å². The Hall–Kier alpha value is -1.36. The number of carbonyl (C=O) groups is 1. The molecular weight excluding hydrogens is 218 g/mol. The molecule has 2 rings (SSSR count). The molecule has 5 heteroatoms. The lowest BCUT2D eigenvalue weighted by Gasteiger charge is -2.28. The Morgan fingerprint density at radius 1 is 1.59 bits per heavy atom. The van der Waals surface area contributed by atoms with Crippen molar-refractivity contribution in [2.75, 3.05) is 7.05 Å². The molecule has 0 unspecified atom stereocenters. The van der Waals surface area contributed by atoms with E-state index in [-0.39, 0.29) is 5.91 Å². The molecule has 0 aromatic carbocycles. The molecular formula is C12H19N3O2. The fourth-order valence-electron chi connectivity index (χ4n) is 2.41. The molecule has 1 aliphatic rings. The highest BCUT2D eigenvalue weighted by Gasteiger charge is 2.38. The molecule has 94 valence electrons. The Labute approximate surface area is 101 Å². The second-order valence-corrected chi connectivity index (χ2v) is 4.95. The summed E-state index contributed by atoms with van der Waals surface area (Å²) in [4.78, 5) is 13.9. The zero-order valence-electron chi connectivity index (χ0n) is 10.4. The molecule has 0 radical (unpaired) electrons. The van der Waals surface area contributed by atoms with Gasteiger partial charge in [0, 0.05) is 13.1 Å². The number of hydrogen-bond acceptors (Lipinski definition) is 4. The maximum atomic E-state index is 12.2. The van der Waals surface area contributed by atoms with Crippen LogP contribution < -0.4 is 5.73 Å². The van der Waals surface area contributed by atoms with E-state index in [0.717, 1.165) is 37.1 Å². The number of likely N-dealkylation sites (N-methyl/N-ethyl adjacent to an activating group) is 1. The minimum Gasteiger partial charge on any atom is -0.361 e. The van der Waals surface area contributed by atoms with Crippen LogP contribution in [-0.4, -0.2) is 28.6 Å². The van der Waals surface area contributed by atoms with Gasteiger partial charge in [0.1, 0.15) is 11.5 Å². The van der Waals surface area contributed by atoms with E-state index in [1.807, 2.05) is 13.0 Å². The zero-order chi connectivity index (χ0) is 12.5. The summed E-state index contributed by atoms with van der Waals surface area (Å²) in [5.41, 5.74) is 6.23. The number of aromatic nitrogens is 1. The van der Waals surface area contributed by atoms with Gasteiger partial charge in [0.05, 0.1) is 12.1 Å². The van der Waals surface area contributed by atoms with Gasteiger partial charge in [-0.3, -0.25) is 4.79 Å². The first-order valence-electron chi connectivity index (χ1n) is 5.98. The first-order valence-corrected chi connectivity index (χ1v) is 5.98. The van der Waals surface area contributed by atoms with Crippen molar-refractivity contribution >= 4 is 5.91 Å². The summed E-state index contributed by atoms with van der Waals surface area (Å²) < 4.78 is 4.98. The summed E-state index contributed by atoms with van der Waals surface area (Å²) in [6.07, 6.45) is 3.65. The number of amides is 1. The van der Waals surface area contributed by atoms with Gasteiger partial charge in [-0.05, 0) is 19.8 Å². The van der Waals surface area contributed by atoms with Gasteiger partial charge in [0.2, 0.25) is 5.91 Å². The molecule has 2 N–H and O–H groups in total. The van der Waals surface area contributed by atoms with E-state index in [1.54, 1.807) is 11.9 Å². The Morgan fingerprint density at radius 3 is 2.76 bits per heavy atom. The second-order valence-electron chi connectivity index (χ2n) is 4.95. The third kappa shape index (κ3) is 2.49. The molecule has 17 heavy (non-hydrogen) atoms. The maximum absolute atomic E-state index is 12.2. The van der Waals surface area contributed by atoms with E-state index < -0.39 is 5.54 Å². The van der Waals surface area contributed by atoms with Crippen molar-refractivity contribution in [1.29, 1.82) is 0 Å². The average molecular weight is 237 g/mol. The normalized spacial score (nSPS) is 18.3. The highest BCUT2D eigenvalue weighted by molar-refractivity contribution is 5.86. The minimum atomic E-state index is -0.659. The third-order valence-electron chi connectivity index (χ3n) is 3.34. The standard InChI is InChI=1S/C12H19N3O2/c1-9-7-10(14-17-9)8-15(2)11(16)12(13)5-3-4-6-12/h7H,3-6,8,13H2,1-2H3. The van der Waals surface area contributed by atoms with Crippen LogP contribution in [0.4, 0.5) is 0 Å². The van der Waals surface area contributed by atoms with Crippen molar-refractivity contribution in [1.82, 2.24) is 10.1 Å². The predicted molar refractivity (Wildman–Crippen MR) is 63.1 cm³/mol. The Morgan fingerprint density at radius 2 is 2.24 bits per heavy atom. The first kappa shape index (κ1) is 12.1. The molecule has 1 amide bonds. The maximum Gasteiger partial charge on any atom is 0.242 e. The van der Waals surface area contributed by atoms with Gasteiger partial charge in [-0.2, -0.15) is 0 Å². The molecule has 1 aromatic rings.